The molecule has 0 unspecified atom stereocenters. The summed E-state index contributed by atoms with van der Waals surface area (Å²) in [5.74, 6) is -0.954. The number of aromatic nitrogens is 1. The summed E-state index contributed by atoms with van der Waals surface area (Å²) in [6.45, 7) is 1.97. The van der Waals surface area contributed by atoms with Crippen LogP contribution in [0, 0.1) is 6.92 Å². The Morgan fingerprint density at radius 3 is 2.50 bits per heavy atom. The van der Waals surface area contributed by atoms with Crippen molar-refractivity contribution >= 4 is 44.4 Å². The summed E-state index contributed by atoms with van der Waals surface area (Å²) < 4.78 is 5.68. The molecule has 122 valence electrons. The third kappa shape index (κ3) is 3.05. The number of fused-ring (bicyclic) bond motifs is 1. The lowest BCUT2D eigenvalue weighted by molar-refractivity contribution is 0.0599. The maximum atomic E-state index is 12.6. The average molecular weight is 387 g/mol. The van der Waals surface area contributed by atoms with Gasteiger partial charge in [0.2, 0.25) is 0 Å². The fourth-order valence-corrected chi connectivity index (χ4v) is 2.85. The summed E-state index contributed by atoms with van der Waals surface area (Å²) in [5, 5.41) is 3.43. The van der Waals surface area contributed by atoms with Crippen LogP contribution in [0.4, 0.5) is 5.69 Å². The maximum Gasteiger partial charge on any atom is 0.340 e. The molecule has 0 aliphatic heterocycles. The molecule has 24 heavy (non-hydrogen) atoms. The van der Waals surface area contributed by atoms with Crippen molar-refractivity contribution < 1.29 is 14.3 Å². The second-order valence-corrected chi connectivity index (χ2v) is 6.29. The second kappa shape index (κ2) is 6.49. The number of ether oxygens (including phenoxy) is 1. The Morgan fingerprint density at radius 1 is 1.12 bits per heavy atom. The van der Waals surface area contributed by atoms with Crippen molar-refractivity contribution in [3.05, 3.63) is 63.8 Å². The molecular formula is C18H15BrN2O3. The first-order valence-corrected chi connectivity index (χ1v) is 8.06. The van der Waals surface area contributed by atoms with Gasteiger partial charge in [0.25, 0.3) is 5.91 Å². The zero-order valence-corrected chi connectivity index (χ0v) is 14.7. The van der Waals surface area contributed by atoms with Crippen LogP contribution in [0.1, 0.15) is 26.4 Å². The predicted octanol–water partition coefficient (Wildman–Crippen LogP) is 4.28. The topological polar surface area (TPSA) is 71.2 Å². The smallest absolute Gasteiger partial charge is 0.340 e. The van der Waals surface area contributed by atoms with Crippen molar-refractivity contribution in [3.63, 3.8) is 0 Å². The number of aromatic amines is 1. The highest BCUT2D eigenvalue weighted by Crippen LogP contribution is 2.27. The number of benzene rings is 2. The molecule has 1 amide bonds. The highest BCUT2D eigenvalue weighted by atomic mass is 79.9. The molecule has 2 N–H and O–H groups in total. The molecular weight excluding hydrogens is 372 g/mol. The quantitative estimate of drug-likeness (QED) is 0.659. The number of anilines is 1. The van der Waals surface area contributed by atoms with Crippen LogP contribution in [0.5, 0.6) is 0 Å². The molecule has 0 radical (unpaired) electrons. The van der Waals surface area contributed by atoms with Gasteiger partial charge in [0.15, 0.2) is 0 Å². The summed E-state index contributed by atoms with van der Waals surface area (Å²) in [6.07, 6.45) is 0. The van der Waals surface area contributed by atoms with Crippen LogP contribution in [0.15, 0.2) is 46.9 Å². The van der Waals surface area contributed by atoms with Crippen molar-refractivity contribution in [2.24, 2.45) is 0 Å². The van der Waals surface area contributed by atoms with Gasteiger partial charge in [-0.05, 0) is 31.2 Å². The number of H-pyrrole nitrogens is 1. The van der Waals surface area contributed by atoms with E-state index in [0.717, 1.165) is 10.0 Å². The number of halogens is 1. The van der Waals surface area contributed by atoms with Crippen LogP contribution in [-0.2, 0) is 4.74 Å². The number of carbonyl (C=O) groups is 2. The average Bonchev–Trinajstić information content (AvgIpc) is 2.94. The zero-order valence-electron chi connectivity index (χ0n) is 13.1. The van der Waals surface area contributed by atoms with E-state index in [9.17, 15) is 9.59 Å². The van der Waals surface area contributed by atoms with Crippen molar-refractivity contribution in [2.75, 3.05) is 12.4 Å². The number of esters is 1. The Hall–Kier alpha value is -2.60. The molecule has 3 aromatic rings. The van der Waals surface area contributed by atoms with Crippen molar-refractivity contribution in [1.82, 2.24) is 4.98 Å². The van der Waals surface area contributed by atoms with Gasteiger partial charge in [0, 0.05) is 21.1 Å². The van der Waals surface area contributed by atoms with E-state index in [0.29, 0.717) is 16.6 Å². The Kier molecular flexibility index (Phi) is 4.40. The van der Waals surface area contributed by atoms with E-state index in [4.69, 9.17) is 4.74 Å². The number of carbonyl (C=O) groups excluding carboxylic acids is 2. The third-order valence-corrected chi connectivity index (χ3v) is 4.18. The van der Waals surface area contributed by atoms with Crippen LogP contribution >= 0.6 is 15.9 Å². The Bertz CT molecular complexity index is 929. The lowest BCUT2D eigenvalue weighted by Gasteiger charge is -2.06. The maximum absolute atomic E-state index is 12.6. The SMILES string of the molecule is COC(=O)c1c(C(=O)Nc2ccc(C)cc2)[nH]c2cc(Br)ccc12. The number of amides is 1. The van der Waals surface area contributed by atoms with E-state index in [-0.39, 0.29) is 11.3 Å². The van der Waals surface area contributed by atoms with Crippen molar-refractivity contribution in [3.8, 4) is 0 Å². The standard InChI is InChI=1S/C18H15BrN2O3/c1-10-3-6-12(7-4-10)20-17(22)16-15(18(23)24-2)13-8-5-11(19)9-14(13)21-16/h3-9,21H,1-2H3,(H,20,22). The molecule has 0 saturated heterocycles. The lowest BCUT2D eigenvalue weighted by atomic mass is 10.1. The predicted molar refractivity (Wildman–Crippen MR) is 96.5 cm³/mol. The molecule has 0 bridgehead atoms. The van der Waals surface area contributed by atoms with Gasteiger partial charge >= 0.3 is 5.97 Å². The third-order valence-electron chi connectivity index (χ3n) is 3.69. The molecule has 2 aromatic carbocycles. The van der Waals surface area contributed by atoms with Crippen LogP contribution in [-0.4, -0.2) is 24.0 Å². The van der Waals surface area contributed by atoms with E-state index in [1.807, 2.05) is 43.3 Å². The van der Waals surface area contributed by atoms with Gasteiger partial charge in [-0.15, -0.1) is 0 Å². The van der Waals surface area contributed by atoms with Crippen LogP contribution in [0.2, 0.25) is 0 Å². The largest absolute Gasteiger partial charge is 0.465 e. The Labute approximate surface area is 147 Å². The van der Waals surface area contributed by atoms with Crippen LogP contribution in [0.25, 0.3) is 10.9 Å². The van der Waals surface area contributed by atoms with Gasteiger partial charge in [0.05, 0.1) is 12.7 Å². The molecule has 5 nitrogen and oxygen atoms in total. The van der Waals surface area contributed by atoms with Gasteiger partial charge in [-0.2, -0.15) is 0 Å². The molecule has 0 fully saturated rings. The van der Waals surface area contributed by atoms with E-state index >= 15 is 0 Å². The molecule has 0 aliphatic carbocycles. The summed E-state index contributed by atoms with van der Waals surface area (Å²) in [7, 11) is 1.29. The summed E-state index contributed by atoms with van der Waals surface area (Å²) in [5.41, 5.74) is 2.83. The number of methoxy groups -OCH3 is 1. The minimum atomic E-state index is -0.558. The molecule has 6 heteroatoms. The van der Waals surface area contributed by atoms with E-state index in [1.165, 1.54) is 7.11 Å². The highest BCUT2D eigenvalue weighted by molar-refractivity contribution is 9.10. The lowest BCUT2D eigenvalue weighted by Crippen LogP contribution is -2.16. The monoisotopic (exact) mass is 386 g/mol. The van der Waals surface area contributed by atoms with Gasteiger partial charge in [-0.1, -0.05) is 39.7 Å². The molecule has 1 aromatic heterocycles. The minimum absolute atomic E-state index is 0.176. The normalized spacial score (nSPS) is 10.6. The zero-order chi connectivity index (χ0) is 17.3. The summed E-state index contributed by atoms with van der Waals surface area (Å²) in [4.78, 5) is 27.8. The second-order valence-electron chi connectivity index (χ2n) is 5.38. The molecule has 0 spiro atoms. The number of rotatable bonds is 3. The molecule has 0 saturated carbocycles. The molecule has 3 rings (SSSR count). The number of hydrogen-bond donors (Lipinski definition) is 2. The van der Waals surface area contributed by atoms with E-state index in [1.54, 1.807) is 6.07 Å². The van der Waals surface area contributed by atoms with Gasteiger partial charge in [-0.25, -0.2) is 4.79 Å². The first kappa shape index (κ1) is 16.3. The van der Waals surface area contributed by atoms with Gasteiger partial charge < -0.3 is 15.0 Å². The Morgan fingerprint density at radius 2 is 1.83 bits per heavy atom. The van der Waals surface area contributed by atoms with E-state index < -0.39 is 11.9 Å². The highest BCUT2D eigenvalue weighted by Gasteiger charge is 2.24. The van der Waals surface area contributed by atoms with Crippen LogP contribution < -0.4 is 5.32 Å². The van der Waals surface area contributed by atoms with Gasteiger partial charge in [0.1, 0.15) is 5.69 Å². The number of nitrogens with one attached hydrogen (secondary N) is 2. The first-order valence-electron chi connectivity index (χ1n) is 7.27. The number of aryl methyl sites for hydroxylation is 1. The summed E-state index contributed by atoms with van der Waals surface area (Å²) in [6, 6.07) is 12.8. The summed E-state index contributed by atoms with van der Waals surface area (Å²) >= 11 is 3.38. The molecule has 1 heterocycles. The minimum Gasteiger partial charge on any atom is -0.465 e. The fourth-order valence-electron chi connectivity index (χ4n) is 2.48. The van der Waals surface area contributed by atoms with E-state index in [2.05, 4.69) is 26.2 Å². The Balaban J connectivity index is 2.05. The van der Waals surface area contributed by atoms with Crippen molar-refractivity contribution in [2.45, 2.75) is 6.92 Å². The van der Waals surface area contributed by atoms with Crippen molar-refractivity contribution in [1.29, 1.82) is 0 Å². The number of hydrogen-bond acceptors (Lipinski definition) is 3. The fraction of sp³-hybridized carbons (Fsp3) is 0.111. The van der Waals surface area contributed by atoms with Crippen LogP contribution in [0.3, 0.4) is 0 Å². The first-order chi connectivity index (χ1) is 11.5. The molecule has 0 atom stereocenters. The molecule has 0 aliphatic rings. The van der Waals surface area contributed by atoms with Gasteiger partial charge in [-0.3, -0.25) is 4.79 Å².